The molecule has 3 atom stereocenters. The summed E-state index contributed by atoms with van der Waals surface area (Å²) in [4.78, 5) is 4.37. The number of nitrogens with one attached hydrogen (secondary N) is 2. The molecule has 3 rings (SSSR count). The molecule has 0 amide bonds. The summed E-state index contributed by atoms with van der Waals surface area (Å²) in [5.41, 5.74) is 1.24. The third-order valence-corrected chi connectivity index (χ3v) is 6.86. The van der Waals surface area contributed by atoms with Crippen LogP contribution in [0, 0.1) is 0 Å². The lowest BCUT2D eigenvalue weighted by atomic mass is 9.95. The van der Waals surface area contributed by atoms with Gasteiger partial charge < -0.3 is 10.6 Å². The number of fused-ring (bicyclic) bond motifs is 1. The van der Waals surface area contributed by atoms with Gasteiger partial charge in [0.05, 0.1) is 0 Å². The van der Waals surface area contributed by atoms with Crippen LogP contribution >= 0.6 is 0 Å². The molecule has 140 valence electrons. The molecule has 2 aromatic carbocycles. The van der Waals surface area contributed by atoms with E-state index in [4.69, 9.17) is 0 Å². The molecule has 0 saturated heterocycles. The first-order valence-electron chi connectivity index (χ1n) is 9.51. The average Bonchev–Trinajstić information content (AvgIpc) is 2.70. The minimum atomic E-state index is -0.698. The second-order valence-electron chi connectivity index (χ2n) is 6.91. The molecular weight excluding hydrogens is 342 g/mol. The van der Waals surface area contributed by atoms with Crippen LogP contribution in [0.5, 0.6) is 0 Å². The number of hydrogen-bond donors (Lipinski definition) is 2. The highest BCUT2D eigenvalue weighted by atomic mass is 32.2. The lowest BCUT2D eigenvalue weighted by Gasteiger charge is -2.30. The van der Waals surface area contributed by atoms with E-state index in [9.17, 15) is 4.21 Å². The van der Waals surface area contributed by atoms with Gasteiger partial charge in [-0.05, 0) is 41.7 Å². The molecule has 2 N–H and O–H groups in total. The molecule has 0 aliphatic heterocycles. The third-order valence-electron chi connectivity index (χ3n) is 5.12. The van der Waals surface area contributed by atoms with Gasteiger partial charge in [0.15, 0.2) is 5.96 Å². The molecule has 4 nitrogen and oxygen atoms in total. The Morgan fingerprint density at radius 1 is 1.19 bits per heavy atom. The Hall–Kier alpha value is -1.88. The Kier molecular flexibility index (Phi) is 6.67. The topological polar surface area (TPSA) is 53.5 Å². The molecule has 0 radical (unpaired) electrons. The first-order valence-corrected chi connectivity index (χ1v) is 10.9. The van der Waals surface area contributed by atoms with Crippen molar-refractivity contribution in [3.05, 3.63) is 48.0 Å². The molecule has 0 bridgehead atoms. The molecule has 2 aromatic rings. The van der Waals surface area contributed by atoms with Gasteiger partial charge in [0.2, 0.25) is 0 Å². The van der Waals surface area contributed by atoms with E-state index in [1.807, 2.05) is 6.92 Å². The number of aliphatic imine (C=N–C) groups is 1. The van der Waals surface area contributed by atoms with Crippen LogP contribution in [-0.2, 0) is 17.3 Å². The van der Waals surface area contributed by atoms with E-state index >= 15 is 0 Å². The summed E-state index contributed by atoms with van der Waals surface area (Å²) in [5, 5.41) is 9.79. The molecule has 1 aliphatic rings. The summed E-state index contributed by atoms with van der Waals surface area (Å²) in [6.45, 7) is 2.75. The van der Waals surface area contributed by atoms with Crippen molar-refractivity contribution in [2.45, 2.75) is 50.4 Å². The summed E-state index contributed by atoms with van der Waals surface area (Å²) in [7, 11) is 1.11. The van der Waals surface area contributed by atoms with E-state index in [1.165, 1.54) is 16.3 Å². The summed E-state index contributed by atoms with van der Waals surface area (Å²) < 4.78 is 12.1. The highest BCUT2D eigenvalue weighted by Crippen LogP contribution is 2.23. The van der Waals surface area contributed by atoms with Crippen LogP contribution in [0.25, 0.3) is 10.8 Å². The van der Waals surface area contributed by atoms with E-state index in [1.54, 1.807) is 7.05 Å². The second-order valence-corrected chi connectivity index (χ2v) is 8.91. The quantitative estimate of drug-likeness (QED) is 0.624. The van der Waals surface area contributed by atoms with E-state index in [2.05, 4.69) is 58.1 Å². The maximum Gasteiger partial charge on any atom is 0.191 e. The largest absolute Gasteiger partial charge is 0.354 e. The van der Waals surface area contributed by atoms with Gasteiger partial charge in [0.25, 0.3) is 0 Å². The van der Waals surface area contributed by atoms with Crippen LogP contribution in [0.15, 0.2) is 47.5 Å². The van der Waals surface area contributed by atoms with Gasteiger partial charge in [0.1, 0.15) is 0 Å². The third kappa shape index (κ3) is 4.85. The molecule has 26 heavy (non-hydrogen) atoms. The fourth-order valence-electron chi connectivity index (χ4n) is 3.67. The Labute approximate surface area is 158 Å². The Bertz CT molecular complexity index is 790. The molecule has 0 aromatic heterocycles. The molecule has 1 saturated carbocycles. The normalized spacial score (nSPS) is 22.2. The van der Waals surface area contributed by atoms with Crippen LogP contribution in [0.4, 0.5) is 0 Å². The lowest BCUT2D eigenvalue weighted by Crippen LogP contribution is -2.46. The number of nitrogens with zero attached hydrogens (tertiary/aromatic N) is 1. The summed E-state index contributed by atoms with van der Waals surface area (Å²) >= 11 is 0. The molecule has 0 spiro atoms. The summed E-state index contributed by atoms with van der Waals surface area (Å²) in [6.07, 6.45) is 4.31. The van der Waals surface area contributed by atoms with Gasteiger partial charge in [-0.3, -0.25) is 9.20 Å². The van der Waals surface area contributed by atoms with Crippen LogP contribution in [0.2, 0.25) is 0 Å². The van der Waals surface area contributed by atoms with E-state index in [0.717, 1.165) is 43.9 Å². The first-order chi connectivity index (χ1) is 12.7. The highest BCUT2D eigenvalue weighted by molar-refractivity contribution is 7.85. The minimum Gasteiger partial charge on any atom is -0.354 e. The van der Waals surface area contributed by atoms with E-state index in [0.29, 0.717) is 11.3 Å². The van der Waals surface area contributed by atoms with Crippen LogP contribution in [-0.4, -0.2) is 34.3 Å². The van der Waals surface area contributed by atoms with Crippen molar-refractivity contribution in [2.75, 3.05) is 12.8 Å². The van der Waals surface area contributed by atoms with Gasteiger partial charge in [-0.25, -0.2) is 0 Å². The van der Waals surface area contributed by atoms with Crippen molar-refractivity contribution in [2.24, 2.45) is 4.99 Å². The van der Waals surface area contributed by atoms with Crippen molar-refractivity contribution >= 4 is 27.5 Å². The SMILES string of the molecule is CCS(=O)C1CCCC(NC(=NC)NCc2ccc3ccccc3c2)C1. The van der Waals surface area contributed by atoms with Gasteiger partial charge in [0, 0.05) is 41.4 Å². The standard InChI is InChI=1S/C21H29N3OS/c1-3-26(25)20-10-6-9-19(14-20)24-21(22-2)23-15-16-11-12-17-7-4-5-8-18(17)13-16/h4-5,7-8,11-13,19-20H,3,6,9-10,14-15H2,1-2H3,(H2,22,23,24). The van der Waals surface area contributed by atoms with E-state index < -0.39 is 10.8 Å². The maximum absolute atomic E-state index is 12.1. The van der Waals surface area contributed by atoms with Crippen LogP contribution < -0.4 is 10.6 Å². The maximum atomic E-state index is 12.1. The Morgan fingerprint density at radius 2 is 2.00 bits per heavy atom. The van der Waals surface area contributed by atoms with Crippen molar-refractivity contribution in [3.8, 4) is 0 Å². The zero-order chi connectivity index (χ0) is 18.4. The lowest BCUT2D eigenvalue weighted by molar-refractivity contribution is 0.413. The zero-order valence-corrected chi connectivity index (χ0v) is 16.5. The molecule has 5 heteroatoms. The van der Waals surface area contributed by atoms with Crippen LogP contribution in [0.3, 0.4) is 0 Å². The smallest absolute Gasteiger partial charge is 0.191 e. The first kappa shape index (κ1) is 18.9. The minimum absolute atomic E-state index is 0.324. The fourth-order valence-corrected chi connectivity index (χ4v) is 5.02. The van der Waals surface area contributed by atoms with Gasteiger partial charge >= 0.3 is 0 Å². The molecule has 3 unspecified atom stereocenters. The van der Waals surface area contributed by atoms with Crippen molar-refractivity contribution in [1.29, 1.82) is 0 Å². The summed E-state index contributed by atoms with van der Waals surface area (Å²) in [6, 6.07) is 15.3. The monoisotopic (exact) mass is 371 g/mol. The number of rotatable bonds is 5. The second kappa shape index (κ2) is 9.17. The van der Waals surface area contributed by atoms with Crippen molar-refractivity contribution in [3.63, 3.8) is 0 Å². The van der Waals surface area contributed by atoms with Crippen LogP contribution in [0.1, 0.15) is 38.2 Å². The molecule has 1 fully saturated rings. The summed E-state index contributed by atoms with van der Waals surface area (Å²) in [5.74, 6) is 1.58. The zero-order valence-electron chi connectivity index (χ0n) is 15.7. The van der Waals surface area contributed by atoms with Gasteiger partial charge in [-0.15, -0.1) is 0 Å². The number of benzene rings is 2. The average molecular weight is 372 g/mol. The van der Waals surface area contributed by atoms with Crippen molar-refractivity contribution < 1.29 is 4.21 Å². The fraction of sp³-hybridized carbons (Fsp3) is 0.476. The van der Waals surface area contributed by atoms with Gasteiger partial charge in [-0.1, -0.05) is 49.7 Å². The predicted molar refractivity (Wildman–Crippen MR) is 112 cm³/mol. The van der Waals surface area contributed by atoms with Gasteiger partial charge in [-0.2, -0.15) is 0 Å². The Balaban J connectivity index is 1.56. The Morgan fingerprint density at radius 3 is 2.77 bits per heavy atom. The predicted octanol–water partition coefficient (Wildman–Crippen LogP) is 3.58. The highest BCUT2D eigenvalue weighted by Gasteiger charge is 2.25. The van der Waals surface area contributed by atoms with E-state index in [-0.39, 0.29) is 0 Å². The number of guanidine groups is 1. The number of hydrogen-bond acceptors (Lipinski definition) is 2. The van der Waals surface area contributed by atoms with Crippen molar-refractivity contribution in [1.82, 2.24) is 10.6 Å². The molecule has 1 aliphatic carbocycles. The molecular formula is C21H29N3OS. The molecule has 0 heterocycles.